The van der Waals surface area contributed by atoms with Crippen molar-refractivity contribution in [3.8, 4) is 0 Å². The summed E-state index contributed by atoms with van der Waals surface area (Å²) in [6, 6.07) is 23.7. The van der Waals surface area contributed by atoms with E-state index in [0.29, 0.717) is 24.9 Å². The van der Waals surface area contributed by atoms with Crippen LogP contribution in [0.5, 0.6) is 0 Å². The number of carbonyl (C=O) groups excluding carboxylic acids is 2. The number of hydrogen-bond donors (Lipinski definition) is 1. The average Bonchev–Trinajstić information content (AvgIpc) is 2.90. The van der Waals surface area contributed by atoms with Gasteiger partial charge in [-0.2, -0.15) is 0 Å². The molecule has 38 heavy (non-hydrogen) atoms. The maximum Gasteiger partial charge on any atom is 0.243 e. The maximum atomic E-state index is 14.7. The second-order valence-electron chi connectivity index (χ2n) is 10.9. The molecule has 3 aromatic carbocycles. The highest BCUT2D eigenvalue weighted by Gasteiger charge is 2.30. The molecule has 0 spiro atoms. The number of carbonyl (C=O) groups is 2. The summed E-state index contributed by atoms with van der Waals surface area (Å²) in [4.78, 5) is 28.8. The number of rotatable bonds is 12. The van der Waals surface area contributed by atoms with Crippen molar-refractivity contribution in [2.24, 2.45) is 0 Å². The van der Waals surface area contributed by atoms with Crippen LogP contribution >= 0.6 is 0 Å². The van der Waals surface area contributed by atoms with Crippen LogP contribution in [-0.2, 0) is 34.4 Å². The number of halogens is 1. The molecule has 0 aliphatic carbocycles. The van der Waals surface area contributed by atoms with Gasteiger partial charge >= 0.3 is 0 Å². The molecule has 202 valence electrons. The Morgan fingerprint density at radius 1 is 0.895 bits per heavy atom. The van der Waals surface area contributed by atoms with E-state index in [4.69, 9.17) is 0 Å². The molecular formula is C33H41FN2O2. The van der Waals surface area contributed by atoms with Gasteiger partial charge in [-0.25, -0.2) is 4.39 Å². The Balaban J connectivity index is 1.87. The van der Waals surface area contributed by atoms with Crippen LogP contribution in [0.15, 0.2) is 78.9 Å². The molecule has 5 heteroatoms. The van der Waals surface area contributed by atoms with E-state index in [2.05, 4.69) is 57.3 Å². The zero-order chi connectivity index (χ0) is 27.5. The van der Waals surface area contributed by atoms with Crippen molar-refractivity contribution in [3.63, 3.8) is 0 Å². The van der Waals surface area contributed by atoms with Crippen LogP contribution in [0.3, 0.4) is 0 Å². The van der Waals surface area contributed by atoms with Gasteiger partial charge in [0.05, 0.1) is 0 Å². The Labute approximate surface area is 227 Å². The smallest absolute Gasteiger partial charge is 0.243 e. The minimum absolute atomic E-state index is 0.0349. The number of nitrogens with zero attached hydrogens (tertiary/aromatic N) is 1. The van der Waals surface area contributed by atoms with Crippen molar-refractivity contribution in [3.05, 3.63) is 107 Å². The normalized spacial score (nSPS) is 12.1. The highest BCUT2D eigenvalue weighted by atomic mass is 19.1. The van der Waals surface area contributed by atoms with Gasteiger partial charge < -0.3 is 10.2 Å². The number of amides is 2. The predicted molar refractivity (Wildman–Crippen MR) is 152 cm³/mol. The third-order valence-electron chi connectivity index (χ3n) is 6.85. The Bertz CT molecular complexity index is 1170. The zero-order valence-corrected chi connectivity index (χ0v) is 23.2. The molecule has 3 aromatic rings. The minimum atomic E-state index is -0.746. The van der Waals surface area contributed by atoms with E-state index in [0.717, 1.165) is 24.0 Å². The molecule has 0 radical (unpaired) electrons. The Morgan fingerprint density at radius 2 is 1.55 bits per heavy atom. The van der Waals surface area contributed by atoms with Crippen LogP contribution < -0.4 is 5.32 Å². The van der Waals surface area contributed by atoms with Crippen molar-refractivity contribution in [1.82, 2.24) is 10.2 Å². The molecule has 0 bridgehead atoms. The highest BCUT2D eigenvalue weighted by Crippen LogP contribution is 2.23. The fourth-order valence-corrected chi connectivity index (χ4v) is 4.44. The maximum absolute atomic E-state index is 14.7. The largest absolute Gasteiger partial charge is 0.354 e. The first-order valence-corrected chi connectivity index (χ1v) is 13.6. The lowest BCUT2D eigenvalue weighted by molar-refractivity contribution is -0.141. The Kier molecular flexibility index (Phi) is 10.6. The second-order valence-corrected chi connectivity index (χ2v) is 10.9. The summed E-state index contributed by atoms with van der Waals surface area (Å²) >= 11 is 0. The molecule has 0 aliphatic rings. The van der Waals surface area contributed by atoms with Crippen LogP contribution in [0.1, 0.15) is 69.2 Å². The minimum Gasteiger partial charge on any atom is -0.354 e. The average molecular weight is 517 g/mol. The summed E-state index contributed by atoms with van der Waals surface area (Å²) in [5.74, 6) is -0.755. The number of aryl methyl sites for hydroxylation is 1. The number of unbranched alkanes of at least 4 members (excludes halogenated alkanes) is 1. The summed E-state index contributed by atoms with van der Waals surface area (Å²) in [6.45, 7) is 9.16. The molecule has 1 unspecified atom stereocenters. The second kappa shape index (κ2) is 13.9. The van der Waals surface area contributed by atoms with E-state index < -0.39 is 6.04 Å². The lowest BCUT2D eigenvalue weighted by Crippen LogP contribution is -2.50. The number of benzene rings is 3. The van der Waals surface area contributed by atoms with E-state index in [1.807, 2.05) is 30.3 Å². The first-order valence-electron chi connectivity index (χ1n) is 13.6. The van der Waals surface area contributed by atoms with E-state index in [9.17, 15) is 14.0 Å². The van der Waals surface area contributed by atoms with Crippen LogP contribution in [-0.4, -0.2) is 29.3 Å². The third-order valence-corrected chi connectivity index (χ3v) is 6.85. The van der Waals surface area contributed by atoms with Gasteiger partial charge in [-0.1, -0.05) is 107 Å². The van der Waals surface area contributed by atoms with Crippen molar-refractivity contribution < 1.29 is 14.0 Å². The SMILES string of the molecule is CCCCNC(=O)C(Cc1ccccc1)N(Cc1ccccc1F)C(=O)CCc1ccc(C(C)(C)C)cc1. The molecule has 0 fully saturated rings. The Hall–Kier alpha value is -3.47. The lowest BCUT2D eigenvalue weighted by Gasteiger charge is -2.32. The number of hydrogen-bond acceptors (Lipinski definition) is 2. The van der Waals surface area contributed by atoms with Crippen LogP contribution in [0.4, 0.5) is 4.39 Å². The first-order chi connectivity index (χ1) is 18.2. The zero-order valence-electron chi connectivity index (χ0n) is 23.2. The van der Waals surface area contributed by atoms with E-state index in [1.165, 1.54) is 11.6 Å². The van der Waals surface area contributed by atoms with Crippen molar-refractivity contribution >= 4 is 11.8 Å². The molecule has 3 rings (SSSR count). The van der Waals surface area contributed by atoms with Crippen LogP contribution in [0, 0.1) is 5.82 Å². The third kappa shape index (κ3) is 8.54. The molecule has 0 aliphatic heterocycles. The fourth-order valence-electron chi connectivity index (χ4n) is 4.44. The van der Waals surface area contributed by atoms with Crippen molar-refractivity contribution in [2.45, 2.75) is 77.8 Å². The van der Waals surface area contributed by atoms with Gasteiger partial charge in [0.15, 0.2) is 0 Å². The molecule has 0 heterocycles. The van der Waals surface area contributed by atoms with Gasteiger partial charge in [0.2, 0.25) is 11.8 Å². The number of nitrogens with one attached hydrogen (secondary N) is 1. The summed E-state index contributed by atoms with van der Waals surface area (Å²) in [5, 5.41) is 3.01. The van der Waals surface area contributed by atoms with Gasteiger partial charge in [0, 0.05) is 31.5 Å². The van der Waals surface area contributed by atoms with Gasteiger partial charge in [0.25, 0.3) is 0 Å². The van der Waals surface area contributed by atoms with E-state index in [1.54, 1.807) is 23.1 Å². The van der Waals surface area contributed by atoms with Gasteiger partial charge in [0.1, 0.15) is 11.9 Å². The quantitative estimate of drug-likeness (QED) is 0.275. The Morgan fingerprint density at radius 3 is 2.18 bits per heavy atom. The topological polar surface area (TPSA) is 49.4 Å². The van der Waals surface area contributed by atoms with Gasteiger partial charge in [-0.05, 0) is 41.0 Å². The predicted octanol–water partition coefficient (Wildman–Crippen LogP) is 6.61. The fraction of sp³-hybridized carbons (Fsp3) is 0.394. The molecule has 1 N–H and O–H groups in total. The molecule has 0 aromatic heterocycles. The van der Waals surface area contributed by atoms with E-state index >= 15 is 0 Å². The standard InChI is InChI=1S/C33H41FN2O2/c1-5-6-22-35-32(38)30(23-26-12-8-7-9-13-26)36(24-27-14-10-11-15-29(27)34)31(37)21-18-25-16-19-28(20-17-25)33(2,3)4/h7-17,19-20,30H,5-6,18,21-24H2,1-4H3,(H,35,38). The lowest BCUT2D eigenvalue weighted by atomic mass is 9.86. The first kappa shape index (κ1) is 29.1. The van der Waals surface area contributed by atoms with Gasteiger partial charge in [-0.3, -0.25) is 9.59 Å². The summed E-state index contributed by atoms with van der Waals surface area (Å²) < 4.78 is 14.7. The van der Waals surface area contributed by atoms with E-state index in [-0.39, 0.29) is 36.0 Å². The van der Waals surface area contributed by atoms with Crippen LogP contribution in [0.25, 0.3) is 0 Å². The molecule has 2 amide bonds. The molecular weight excluding hydrogens is 475 g/mol. The molecule has 1 atom stereocenters. The van der Waals surface area contributed by atoms with Crippen molar-refractivity contribution in [2.75, 3.05) is 6.54 Å². The monoisotopic (exact) mass is 516 g/mol. The van der Waals surface area contributed by atoms with Gasteiger partial charge in [-0.15, -0.1) is 0 Å². The van der Waals surface area contributed by atoms with Crippen molar-refractivity contribution in [1.29, 1.82) is 0 Å². The summed E-state index contributed by atoms with van der Waals surface area (Å²) in [7, 11) is 0. The molecule has 0 saturated heterocycles. The summed E-state index contributed by atoms with van der Waals surface area (Å²) in [6.07, 6.45) is 2.95. The molecule has 0 saturated carbocycles. The molecule has 4 nitrogen and oxygen atoms in total. The highest BCUT2D eigenvalue weighted by molar-refractivity contribution is 5.88. The van der Waals surface area contributed by atoms with Crippen LogP contribution in [0.2, 0.25) is 0 Å². The summed E-state index contributed by atoms with van der Waals surface area (Å²) in [5.41, 5.74) is 3.70.